The maximum Gasteiger partial charge on any atom is 0.534 e. The number of fused-ring (bicyclic) bond motifs is 1. The predicted molar refractivity (Wildman–Crippen MR) is 66.2 cm³/mol. The SMILES string of the molecule is O=[N+]([O-])c1ccc(OS(=O)(=O)C(F)(F)F)c2ccccc12. The fourth-order valence-corrected chi connectivity index (χ4v) is 2.13. The molecule has 0 aliphatic rings. The van der Waals surface area contributed by atoms with Gasteiger partial charge in [0.15, 0.2) is 5.75 Å². The van der Waals surface area contributed by atoms with E-state index in [-0.39, 0.29) is 16.5 Å². The standard InChI is InChI=1S/C11H6F3NO5S/c12-11(13,14)21(18,19)20-10-6-5-9(15(16)17)7-3-1-2-4-8(7)10/h1-6H. The Morgan fingerprint density at radius 3 is 2.14 bits per heavy atom. The maximum absolute atomic E-state index is 12.3. The molecule has 0 amide bonds. The van der Waals surface area contributed by atoms with Gasteiger partial charge in [0.05, 0.1) is 10.3 Å². The summed E-state index contributed by atoms with van der Waals surface area (Å²) in [5.74, 6) is -0.631. The van der Waals surface area contributed by atoms with E-state index in [1.807, 2.05) is 0 Å². The molecule has 0 spiro atoms. The lowest BCUT2D eigenvalue weighted by molar-refractivity contribution is -0.383. The van der Waals surface area contributed by atoms with Gasteiger partial charge in [-0.05, 0) is 12.1 Å². The molecule has 0 aromatic heterocycles. The van der Waals surface area contributed by atoms with E-state index < -0.39 is 26.3 Å². The third-order valence-electron chi connectivity index (χ3n) is 2.54. The lowest BCUT2D eigenvalue weighted by Gasteiger charge is -2.11. The lowest BCUT2D eigenvalue weighted by atomic mass is 10.1. The summed E-state index contributed by atoms with van der Waals surface area (Å²) in [6.45, 7) is 0. The second kappa shape index (κ2) is 4.88. The summed E-state index contributed by atoms with van der Waals surface area (Å²) in [4.78, 5) is 10.1. The summed E-state index contributed by atoms with van der Waals surface area (Å²) in [5.41, 5.74) is -5.96. The van der Waals surface area contributed by atoms with E-state index in [1.54, 1.807) is 0 Å². The van der Waals surface area contributed by atoms with E-state index in [9.17, 15) is 31.7 Å². The van der Waals surface area contributed by atoms with Crippen LogP contribution in [0, 0.1) is 10.1 Å². The third-order valence-corrected chi connectivity index (χ3v) is 3.51. The molecule has 0 aliphatic carbocycles. The van der Waals surface area contributed by atoms with Crippen LogP contribution in [0.4, 0.5) is 18.9 Å². The Hall–Kier alpha value is -2.36. The number of halogens is 3. The number of nitro groups is 1. The molecule has 10 heteroatoms. The first-order chi connectivity index (χ1) is 9.63. The lowest BCUT2D eigenvalue weighted by Crippen LogP contribution is -2.28. The number of benzene rings is 2. The van der Waals surface area contributed by atoms with Crippen molar-refractivity contribution >= 4 is 26.6 Å². The first-order valence-corrected chi connectivity index (χ1v) is 6.71. The van der Waals surface area contributed by atoms with Crippen LogP contribution in [-0.2, 0) is 10.1 Å². The molecule has 0 bridgehead atoms. The molecule has 0 unspecified atom stereocenters. The summed E-state index contributed by atoms with van der Waals surface area (Å²) in [6.07, 6.45) is 0. The van der Waals surface area contributed by atoms with Crippen molar-refractivity contribution in [1.82, 2.24) is 0 Å². The number of nitrogens with zero attached hydrogens (tertiary/aromatic N) is 1. The monoisotopic (exact) mass is 321 g/mol. The van der Waals surface area contributed by atoms with Crippen LogP contribution in [0.3, 0.4) is 0 Å². The van der Waals surface area contributed by atoms with Gasteiger partial charge in [0.2, 0.25) is 0 Å². The van der Waals surface area contributed by atoms with Crippen molar-refractivity contribution in [3.8, 4) is 5.75 Å². The number of non-ortho nitro benzene ring substituents is 1. The first kappa shape index (κ1) is 15.0. The van der Waals surface area contributed by atoms with Crippen molar-refractivity contribution in [2.24, 2.45) is 0 Å². The Labute approximate surface area is 116 Å². The smallest absolute Gasteiger partial charge is 0.375 e. The van der Waals surface area contributed by atoms with E-state index in [2.05, 4.69) is 4.18 Å². The van der Waals surface area contributed by atoms with Gasteiger partial charge in [-0.25, -0.2) is 0 Å². The quantitative estimate of drug-likeness (QED) is 0.375. The second-order valence-corrected chi connectivity index (χ2v) is 5.41. The maximum atomic E-state index is 12.3. The van der Waals surface area contributed by atoms with Gasteiger partial charge in [-0.3, -0.25) is 10.1 Å². The summed E-state index contributed by atoms with van der Waals surface area (Å²) in [6, 6.07) is 7.01. The number of rotatable bonds is 3. The Bertz CT molecular complexity index is 816. The molecular formula is C11H6F3NO5S. The molecular weight excluding hydrogens is 315 g/mol. The number of alkyl halides is 3. The van der Waals surface area contributed by atoms with Gasteiger partial charge in [0.1, 0.15) is 0 Å². The zero-order valence-electron chi connectivity index (χ0n) is 9.99. The van der Waals surface area contributed by atoms with E-state index >= 15 is 0 Å². The topological polar surface area (TPSA) is 86.5 Å². The molecule has 6 nitrogen and oxygen atoms in total. The van der Waals surface area contributed by atoms with E-state index in [0.717, 1.165) is 12.1 Å². The van der Waals surface area contributed by atoms with Crippen LogP contribution >= 0.6 is 0 Å². The molecule has 21 heavy (non-hydrogen) atoms. The van der Waals surface area contributed by atoms with Gasteiger partial charge in [-0.2, -0.15) is 21.6 Å². The highest BCUT2D eigenvalue weighted by atomic mass is 32.2. The molecule has 0 atom stereocenters. The highest BCUT2D eigenvalue weighted by molar-refractivity contribution is 7.88. The van der Waals surface area contributed by atoms with Crippen LogP contribution < -0.4 is 4.18 Å². The number of hydrogen-bond acceptors (Lipinski definition) is 5. The van der Waals surface area contributed by atoms with Gasteiger partial charge < -0.3 is 4.18 Å². The van der Waals surface area contributed by atoms with Crippen molar-refractivity contribution in [2.75, 3.05) is 0 Å². The largest absolute Gasteiger partial charge is 0.534 e. The highest BCUT2D eigenvalue weighted by Gasteiger charge is 2.48. The minimum atomic E-state index is -5.85. The Kier molecular flexibility index (Phi) is 3.49. The van der Waals surface area contributed by atoms with Crippen LogP contribution in [0.25, 0.3) is 10.8 Å². The summed E-state index contributed by atoms with van der Waals surface area (Å²) >= 11 is 0. The van der Waals surface area contributed by atoms with Crippen LogP contribution in [0.5, 0.6) is 5.75 Å². The fourth-order valence-electron chi connectivity index (χ4n) is 1.65. The van der Waals surface area contributed by atoms with Crippen molar-refractivity contribution in [3.05, 3.63) is 46.5 Å². The van der Waals surface area contributed by atoms with Gasteiger partial charge in [0, 0.05) is 11.5 Å². The molecule has 2 aromatic rings. The average Bonchev–Trinajstić information content (AvgIpc) is 2.37. The molecule has 2 rings (SSSR count). The molecule has 112 valence electrons. The highest BCUT2D eigenvalue weighted by Crippen LogP contribution is 2.35. The molecule has 2 aromatic carbocycles. The van der Waals surface area contributed by atoms with Crippen LogP contribution in [-0.4, -0.2) is 18.8 Å². The van der Waals surface area contributed by atoms with Gasteiger partial charge in [-0.15, -0.1) is 0 Å². The Morgan fingerprint density at radius 1 is 1.05 bits per heavy atom. The predicted octanol–water partition coefficient (Wildman–Crippen LogP) is 2.98. The van der Waals surface area contributed by atoms with Crippen LogP contribution in [0.1, 0.15) is 0 Å². The number of hydrogen-bond donors (Lipinski definition) is 0. The minimum absolute atomic E-state index is 0.0302. The molecule has 0 saturated carbocycles. The zero-order chi connectivity index (χ0) is 15.8. The third kappa shape index (κ3) is 2.75. The summed E-state index contributed by atoms with van der Waals surface area (Å²) in [5, 5.41) is 10.7. The van der Waals surface area contributed by atoms with Crippen molar-refractivity contribution in [1.29, 1.82) is 0 Å². The molecule has 0 heterocycles. The summed E-state index contributed by atoms with van der Waals surface area (Å²) in [7, 11) is -5.85. The molecule has 0 aliphatic heterocycles. The van der Waals surface area contributed by atoms with E-state index in [1.165, 1.54) is 24.3 Å². The zero-order valence-corrected chi connectivity index (χ0v) is 10.8. The average molecular weight is 321 g/mol. The van der Waals surface area contributed by atoms with Crippen LogP contribution in [0.15, 0.2) is 36.4 Å². The molecule has 0 saturated heterocycles. The van der Waals surface area contributed by atoms with Crippen LogP contribution in [0.2, 0.25) is 0 Å². The molecule has 0 fully saturated rings. The fraction of sp³-hybridized carbons (Fsp3) is 0.0909. The number of nitro benzene ring substituents is 1. The first-order valence-electron chi connectivity index (χ1n) is 5.30. The Morgan fingerprint density at radius 2 is 1.62 bits per heavy atom. The van der Waals surface area contributed by atoms with E-state index in [0.29, 0.717) is 0 Å². The van der Waals surface area contributed by atoms with E-state index in [4.69, 9.17) is 0 Å². The molecule has 0 N–H and O–H groups in total. The van der Waals surface area contributed by atoms with Gasteiger partial charge in [0.25, 0.3) is 5.69 Å². The summed E-state index contributed by atoms with van der Waals surface area (Å²) < 4.78 is 63.0. The Balaban J connectivity index is 2.63. The minimum Gasteiger partial charge on any atom is -0.375 e. The molecule has 0 radical (unpaired) electrons. The van der Waals surface area contributed by atoms with Crippen molar-refractivity contribution < 1.29 is 30.7 Å². The van der Waals surface area contributed by atoms with Crippen molar-refractivity contribution in [3.63, 3.8) is 0 Å². The van der Waals surface area contributed by atoms with Gasteiger partial charge >= 0.3 is 15.6 Å². The second-order valence-electron chi connectivity index (χ2n) is 3.87. The van der Waals surface area contributed by atoms with Gasteiger partial charge in [-0.1, -0.05) is 18.2 Å². The van der Waals surface area contributed by atoms with Crippen molar-refractivity contribution in [2.45, 2.75) is 5.51 Å². The normalized spacial score (nSPS) is 12.3.